The largest absolute Gasteiger partial charge is 0.345 e. The number of anilines is 1. The molecule has 2 nitrogen and oxygen atoms in total. The Morgan fingerprint density at radius 2 is 2.05 bits per heavy atom. The minimum atomic E-state index is 0.618. The molecule has 1 saturated heterocycles. The number of thiazole rings is 1. The Bertz CT molecular complexity index is 528. The van der Waals surface area contributed by atoms with Gasteiger partial charge in [0, 0.05) is 17.5 Å². The second-order valence-electron chi connectivity index (χ2n) is 5.32. The first-order chi connectivity index (χ1) is 9.24. The van der Waals surface area contributed by atoms with E-state index in [9.17, 15) is 0 Å². The first-order valence-electron chi connectivity index (χ1n) is 6.98. The van der Waals surface area contributed by atoms with Gasteiger partial charge in [-0.3, -0.25) is 0 Å². The maximum Gasteiger partial charge on any atom is 0.186 e. The molecule has 0 saturated carbocycles. The molecular formula is C16H20N2S. The van der Waals surface area contributed by atoms with Crippen LogP contribution in [0.3, 0.4) is 0 Å². The van der Waals surface area contributed by atoms with Crippen molar-refractivity contribution in [3.05, 3.63) is 46.5 Å². The number of hydrogen-bond donors (Lipinski definition) is 0. The molecule has 1 aliphatic rings. The fourth-order valence-corrected chi connectivity index (χ4v) is 3.77. The highest BCUT2D eigenvalue weighted by molar-refractivity contribution is 7.15. The van der Waals surface area contributed by atoms with Gasteiger partial charge in [-0.2, -0.15) is 0 Å². The molecule has 1 unspecified atom stereocenters. The summed E-state index contributed by atoms with van der Waals surface area (Å²) in [5.74, 6) is 0. The number of nitrogens with zero attached hydrogens (tertiary/aromatic N) is 2. The second-order valence-corrected chi connectivity index (χ2v) is 6.50. The molecule has 1 fully saturated rings. The Hall–Kier alpha value is -1.35. The lowest BCUT2D eigenvalue weighted by Gasteiger charge is -2.24. The molecular weight excluding hydrogens is 252 g/mol. The minimum absolute atomic E-state index is 0.618. The zero-order valence-electron chi connectivity index (χ0n) is 11.6. The molecule has 3 heteroatoms. The van der Waals surface area contributed by atoms with Crippen LogP contribution >= 0.6 is 11.3 Å². The van der Waals surface area contributed by atoms with Crippen LogP contribution in [0.15, 0.2) is 30.3 Å². The lowest BCUT2D eigenvalue weighted by Crippen LogP contribution is -2.30. The normalized spacial score (nSPS) is 19.1. The van der Waals surface area contributed by atoms with E-state index in [1.807, 2.05) is 11.3 Å². The van der Waals surface area contributed by atoms with E-state index in [-0.39, 0.29) is 0 Å². The highest BCUT2D eigenvalue weighted by Crippen LogP contribution is 2.32. The summed E-state index contributed by atoms with van der Waals surface area (Å²) in [7, 11) is 0. The van der Waals surface area contributed by atoms with Gasteiger partial charge in [-0.1, -0.05) is 30.3 Å². The van der Waals surface area contributed by atoms with Crippen LogP contribution in [0.5, 0.6) is 0 Å². The maximum atomic E-state index is 4.73. The third kappa shape index (κ3) is 2.66. The van der Waals surface area contributed by atoms with Gasteiger partial charge in [-0.15, -0.1) is 11.3 Å². The summed E-state index contributed by atoms with van der Waals surface area (Å²) in [6, 6.07) is 11.4. The van der Waals surface area contributed by atoms with Gasteiger partial charge in [0.2, 0.25) is 0 Å². The Kier molecular flexibility index (Phi) is 3.56. The van der Waals surface area contributed by atoms with Gasteiger partial charge in [-0.25, -0.2) is 4.98 Å². The predicted molar refractivity (Wildman–Crippen MR) is 82.1 cm³/mol. The molecule has 100 valence electrons. The highest BCUT2D eigenvalue weighted by atomic mass is 32.1. The zero-order valence-corrected chi connectivity index (χ0v) is 12.4. The molecule has 0 aliphatic carbocycles. The molecule has 19 heavy (non-hydrogen) atoms. The summed E-state index contributed by atoms with van der Waals surface area (Å²) < 4.78 is 0. The highest BCUT2D eigenvalue weighted by Gasteiger charge is 2.27. The Morgan fingerprint density at radius 3 is 2.74 bits per heavy atom. The van der Waals surface area contributed by atoms with Crippen molar-refractivity contribution in [1.29, 1.82) is 0 Å². The van der Waals surface area contributed by atoms with Crippen LogP contribution in [0, 0.1) is 13.8 Å². The standard InChI is InChI=1S/C16H20N2S/c1-12-13(2)19-16(17-12)18-10-6-9-15(18)11-14-7-4-3-5-8-14/h3-5,7-8,15H,6,9-11H2,1-2H3. The van der Waals surface area contributed by atoms with E-state index in [0.29, 0.717) is 6.04 Å². The van der Waals surface area contributed by atoms with Gasteiger partial charge in [0.25, 0.3) is 0 Å². The van der Waals surface area contributed by atoms with Gasteiger partial charge in [0.15, 0.2) is 5.13 Å². The van der Waals surface area contributed by atoms with Crippen LogP contribution in [-0.4, -0.2) is 17.6 Å². The summed E-state index contributed by atoms with van der Waals surface area (Å²) in [4.78, 5) is 8.59. The van der Waals surface area contributed by atoms with E-state index in [2.05, 4.69) is 49.1 Å². The van der Waals surface area contributed by atoms with Crippen molar-refractivity contribution in [2.45, 2.75) is 39.2 Å². The third-order valence-corrected chi connectivity index (χ3v) is 5.06. The lowest BCUT2D eigenvalue weighted by molar-refractivity contribution is 0.662. The van der Waals surface area contributed by atoms with Crippen molar-refractivity contribution in [2.75, 3.05) is 11.4 Å². The van der Waals surface area contributed by atoms with Crippen LogP contribution < -0.4 is 4.90 Å². The van der Waals surface area contributed by atoms with Crippen molar-refractivity contribution in [2.24, 2.45) is 0 Å². The fraction of sp³-hybridized carbons (Fsp3) is 0.438. The van der Waals surface area contributed by atoms with Crippen molar-refractivity contribution in [1.82, 2.24) is 4.98 Å². The average Bonchev–Trinajstić information content (AvgIpc) is 2.99. The van der Waals surface area contributed by atoms with E-state index in [1.54, 1.807) is 0 Å². The topological polar surface area (TPSA) is 16.1 Å². The van der Waals surface area contributed by atoms with Gasteiger partial charge >= 0.3 is 0 Å². The number of aromatic nitrogens is 1. The zero-order chi connectivity index (χ0) is 13.2. The molecule has 0 N–H and O–H groups in total. The number of benzene rings is 1. The van der Waals surface area contributed by atoms with Crippen molar-refractivity contribution in [3.8, 4) is 0 Å². The summed E-state index contributed by atoms with van der Waals surface area (Å²) in [6.45, 7) is 5.43. The van der Waals surface area contributed by atoms with Crippen molar-refractivity contribution >= 4 is 16.5 Å². The molecule has 0 spiro atoms. The smallest absolute Gasteiger partial charge is 0.186 e. The van der Waals surface area contributed by atoms with Crippen LogP contribution in [0.2, 0.25) is 0 Å². The minimum Gasteiger partial charge on any atom is -0.345 e. The van der Waals surface area contributed by atoms with Gasteiger partial charge in [-0.05, 0) is 38.7 Å². The molecule has 1 aromatic heterocycles. The van der Waals surface area contributed by atoms with E-state index in [0.717, 1.165) is 13.0 Å². The number of aryl methyl sites for hydroxylation is 2. The molecule has 3 rings (SSSR count). The second kappa shape index (κ2) is 5.33. The molecule has 1 aliphatic heterocycles. The molecule has 2 heterocycles. The van der Waals surface area contributed by atoms with Gasteiger partial charge in [0.1, 0.15) is 0 Å². The van der Waals surface area contributed by atoms with E-state index in [1.165, 1.54) is 34.1 Å². The third-order valence-electron chi connectivity index (χ3n) is 3.95. The van der Waals surface area contributed by atoms with E-state index < -0.39 is 0 Å². The van der Waals surface area contributed by atoms with Crippen LogP contribution in [0.25, 0.3) is 0 Å². The molecule has 2 aromatic rings. The van der Waals surface area contributed by atoms with Crippen molar-refractivity contribution < 1.29 is 0 Å². The SMILES string of the molecule is Cc1nc(N2CCCC2Cc2ccccc2)sc1C. The molecule has 1 aromatic carbocycles. The first kappa shape index (κ1) is 12.7. The Morgan fingerprint density at radius 1 is 1.26 bits per heavy atom. The Balaban J connectivity index is 1.78. The van der Waals surface area contributed by atoms with Gasteiger partial charge < -0.3 is 4.90 Å². The van der Waals surface area contributed by atoms with Crippen LogP contribution in [0.4, 0.5) is 5.13 Å². The molecule has 0 amide bonds. The Labute approximate surface area is 119 Å². The number of rotatable bonds is 3. The summed E-state index contributed by atoms with van der Waals surface area (Å²) >= 11 is 1.84. The molecule has 1 atom stereocenters. The molecule has 0 bridgehead atoms. The first-order valence-corrected chi connectivity index (χ1v) is 7.80. The fourth-order valence-electron chi connectivity index (χ4n) is 2.76. The quantitative estimate of drug-likeness (QED) is 0.840. The van der Waals surface area contributed by atoms with Gasteiger partial charge in [0.05, 0.1) is 5.69 Å². The number of hydrogen-bond acceptors (Lipinski definition) is 3. The van der Waals surface area contributed by atoms with E-state index in [4.69, 9.17) is 4.98 Å². The van der Waals surface area contributed by atoms with Crippen LogP contribution in [0.1, 0.15) is 29.0 Å². The average molecular weight is 272 g/mol. The predicted octanol–water partition coefficient (Wildman–Crippen LogP) is 3.97. The van der Waals surface area contributed by atoms with Crippen LogP contribution in [-0.2, 0) is 6.42 Å². The summed E-state index contributed by atoms with van der Waals surface area (Å²) in [5, 5.41) is 1.22. The maximum absolute atomic E-state index is 4.73. The van der Waals surface area contributed by atoms with Crippen molar-refractivity contribution in [3.63, 3.8) is 0 Å². The monoisotopic (exact) mass is 272 g/mol. The summed E-state index contributed by atoms with van der Waals surface area (Å²) in [6.07, 6.45) is 3.71. The molecule has 0 radical (unpaired) electrons. The van der Waals surface area contributed by atoms with E-state index >= 15 is 0 Å². The summed E-state index contributed by atoms with van der Waals surface area (Å²) in [5.41, 5.74) is 2.62. The lowest BCUT2D eigenvalue weighted by atomic mass is 10.0.